The highest BCUT2D eigenvalue weighted by molar-refractivity contribution is 7.89. The number of hydrogen-bond acceptors (Lipinski definition) is 6. The molecule has 1 aromatic heterocycles. The Balaban J connectivity index is 1.40. The maximum absolute atomic E-state index is 13.3. The van der Waals surface area contributed by atoms with Crippen molar-refractivity contribution >= 4 is 44.2 Å². The molecule has 10 heteroatoms. The molecule has 1 spiro atoms. The number of anilines is 1. The van der Waals surface area contributed by atoms with E-state index >= 15 is 0 Å². The minimum Gasteiger partial charge on any atom is -0.451 e. The molecule has 2 aromatic carbocycles. The second kappa shape index (κ2) is 8.66. The molecule has 0 unspecified atom stereocenters. The average Bonchev–Trinajstić information content (AvgIpc) is 3.41. The fourth-order valence-electron chi connectivity index (χ4n) is 4.50. The van der Waals surface area contributed by atoms with Crippen LogP contribution in [0, 0.1) is 13.8 Å². The predicted molar refractivity (Wildman–Crippen MR) is 128 cm³/mol. The van der Waals surface area contributed by atoms with Crippen molar-refractivity contribution in [2.75, 3.05) is 31.6 Å². The first-order valence-corrected chi connectivity index (χ1v) is 12.9. The zero-order valence-electron chi connectivity index (χ0n) is 18.9. The lowest BCUT2D eigenvalue weighted by molar-refractivity contribution is -0.179. The Labute approximate surface area is 202 Å². The van der Waals surface area contributed by atoms with Gasteiger partial charge in [0.2, 0.25) is 10.0 Å². The van der Waals surface area contributed by atoms with Gasteiger partial charge in [0.15, 0.2) is 11.5 Å². The Bertz CT molecular complexity index is 1370. The third kappa shape index (κ3) is 4.01. The Morgan fingerprint density at radius 2 is 1.76 bits per heavy atom. The van der Waals surface area contributed by atoms with E-state index in [9.17, 15) is 13.2 Å². The van der Waals surface area contributed by atoms with Crippen LogP contribution in [0.4, 0.5) is 5.69 Å². The van der Waals surface area contributed by atoms with Crippen LogP contribution in [0.5, 0.6) is 0 Å². The van der Waals surface area contributed by atoms with Gasteiger partial charge in [-0.3, -0.25) is 4.79 Å². The molecule has 1 amide bonds. The molecule has 2 aliphatic rings. The summed E-state index contributed by atoms with van der Waals surface area (Å²) < 4.78 is 45.3. The van der Waals surface area contributed by atoms with Crippen LogP contribution in [0.3, 0.4) is 0 Å². The van der Waals surface area contributed by atoms with Crippen molar-refractivity contribution in [3.8, 4) is 0 Å². The Hall–Kier alpha value is -2.43. The van der Waals surface area contributed by atoms with Gasteiger partial charge in [-0.1, -0.05) is 17.7 Å². The quantitative estimate of drug-likeness (QED) is 0.562. The number of amides is 1. The molecule has 1 N–H and O–H groups in total. The number of hydrogen-bond donors (Lipinski definition) is 1. The van der Waals surface area contributed by atoms with Gasteiger partial charge < -0.3 is 19.2 Å². The molecule has 3 aromatic rings. The van der Waals surface area contributed by atoms with Crippen molar-refractivity contribution in [2.45, 2.75) is 37.4 Å². The van der Waals surface area contributed by atoms with Gasteiger partial charge in [-0.25, -0.2) is 8.42 Å². The van der Waals surface area contributed by atoms with E-state index < -0.39 is 21.7 Å². The molecule has 0 saturated carbocycles. The lowest BCUT2D eigenvalue weighted by Gasteiger charge is -2.36. The smallest absolute Gasteiger partial charge is 0.291 e. The highest BCUT2D eigenvalue weighted by Gasteiger charge is 2.42. The number of fused-ring (bicyclic) bond motifs is 1. The monoisotopic (exact) mass is 504 g/mol. The molecule has 0 bridgehead atoms. The largest absolute Gasteiger partial charge is 0.451 e. The topological polar surface area (TPSA) is 98.1 Å². The van der Waals surface area contributed by atoms with E-state index in [1.165, 1.54) is 10.4 Å². The van der Waals surface area contributed by atoms with Gasteiger partial charge >= 0.3 is 0 Å². The van der Waals surface area contributed by atoms with E-state index in [-0.39, 0.29) is 10.7 Å². The lowest BCUT2D eigenvalue weighted by Crippen LogP contribution is -2.47. The molecule has 34 heavy (non-hydrogen) atoms. The van der Waals surface area contributed by atoms with Gasteiger partial charge in [0, 0.05) is 47.6 Å². The van der Waals surface area contributed by atoms with E-state index in [2.05, 4.69) is 5.32 Å². The summed E-state index contributed by atoms with van der Waals surface area (Å²) in [6, 6.07) is 9.92. The number of carbonyl (C=O) groups is 1. The van der Waals surface area contributed by atoms with Gasteiger partial charge in [0.1, 0.15) is 5.58 Å². The molecule has 5 rings (SSSR count). The summed E-state index contributed by atoms with van der Waals surface area (Å²) >= 11 is 6.15. The highest BCUT2D eigenvalue weighted by Crippen LogP contribution is 2.35. The number of nitrogens with zero attached hydrogens (tertiary/aromatic N) is 1. The van der Waals surface area contributed by atoms with Crippen LogP contribution in [0.2, 0.25) is 5.02 Å². The standard InChI is InChI=1S/C24H25ClN2O6S/c1-15-18-14-17(34(29,30)27-10-8-24(9-11-27)31-12-13-32-24)6-7-21(18)33-22(15)23(28)26-20-5-3-4-19(25)16(20)2/h3-7,14H,8-13H2,1-2H3,(H,26,28). The molecule has 0 atom stereocenters. The number of rotatable bonds is 4. The van der Waals surface area contributed by atoms with Crippen LogP contribution < -0.4 is 5.32 Å². The minimum atomic E-state index is -3.72. The Morgan fingerprint density at radius 3 is 2.47 bits per heavy atom. The van der Waals surface area contributed by atoms with E-state index in [0.29, 0.717) is 66.4 Å². The number of furan rings is 1. The summed E-state index contributed by atoms with van der Waals surface area (Å²) in [5.41, 5.74) is 2.33. The lowest BCUT2D eigenvalue weighted by atomic mass is 10.1. The first kappa shape index (κ1) is 23.3. The fraction of sp³-hybridized carbons (Fsp3) is 0.375. The maximum Gasteiger partial charge on any atom is 0.291 e. The number of ether oxygens (including phenoxy) is 2. The molecule has 8 nitrogen and oxygen atoms in total. The molecule has 2 saturated heterocycles. The van der Waals surface area contributed by atoms with E-state index in [4.69, 9.17) is 25.5 Å². The van der Waals surface area contributed by atoms with Crippen molar-refractivity contribution in [1.82, 2.24) is 4.31 Å². The number of nitrogens with one attached hydrogen (secondary N) is 1. The van der Waals surface area contributed by atoms with Crippen LogP contribution >= 0.6 is 11.6 Å². The van der Waals surface area contributed by atoms with Crippen molar-refractivity contribution < 1.29 is 27.1 Å². The van der Waals surface area contributed by atoms with Crippen LogP contribution in [0.15, 0.2) is 45.7 Å². The molecule has 0 aliphatic carbocycles. The zero-order chi connectivity index (χ0) is 24.1. The number of benzene rings is 2. The SMILES string of the molecule is Cc1c(Cl)cccc1NC(=O)c1oc2ccc(S(=O)(=O)N3CCC4(CC3)OCCO4)cc2c1C. The molecule has 0 radical (unpaired) electrons. The predicted octanol–water partition coefficient (Wildman–Crippen LogP) is 4.48. The summed E-state index contributed by atoms with van der Waals surface area (Å²) in [6.45, 7) is 5.26. The second-order valence-electron chi connectivity index (χ2n) is 8.59. The van der Waals surface area contributed by atoms with Crippen molar-refractivity contribution in [1.29, 1.82) is 0 Å². The van der Waals surface area contributed by atoms with Gasteiger partial charge in [0.25, 0.3) is 5.91 Å². The van der Waals surface area contributed by atoms with Crippen molar-refractivity contribution in [2.24, 2.45) is 0 Å². The summed E-state index contributed by atoms with van der Waals surface area (Å²) in [4.78, 5) is 13.1. The zero-order valence-corrected chi connectivity index (χ0v) is 20.5. The maximum atomic E-state index is 13.3. The van der Waals surface area contributed by atoms with E-state index in [1.54, 1.807) is 37.3 Å². The number of sulfonamides is 1. The minimum absolute atomic E-state index is 0.124. The number of halogens is 1. The molecule has 2 aliphatic heterocycles. The first-order valence-electron chi connectivity index (χ1n) is 11.1. The molecule has 3 heterocycles. The van der Waals surface area contributed by atoms with E-state index in [0.717, 1.165) is 5.56 Å². The van der Waals surface area contributed by atoms with Crippen LogP contribution in [-0.4, -0.2) is 50.7 Å². The Kier molecular flexibility index (Phi) is 5.94. The van der Waals surface area contributed by atoms with Crippen LogP contribution in [0.1, 0.15) is 34.5 Å². The molecular weight excluding hydrogens is 480 g/mol. The van der Waals surface area contributed by atoms with Gasteiger partial charge in [-0.15, -0.1) is 0 Å². The second-order valence-corrected chi connectivity index (χ2v) is 10.9. The summed E-state index contributed by atoms with van der Waals surface area (Å²) in [7, 11) is -3.72. The van der Waals surface area contributed by atoms with Gasteiger partial charge in [-0.05, 0) is 49.7 Å². The highest BCUT2D eigenvalue weighted by atomic mass is 35.5. The Morgan fingerprint density at radius 1 is 1.06 bits per heavy atom. The number of carbonyl (C=O) groups excluding carboxylic acids is 1. The van der Waals surface area contributed by atoms with Gasteiger partial charge in [0.05, 0.1) is 18.1 Å². The van der Waals surface area contributed by atoms with Crippen LogP contribution in [-0.2, 0) is 19.5 Å². The molecular formula is C24H25ClN2O6S. The molecule has 180 valence electrons. The third-order valence-corrected chi connectivity index (χ3v) is 8.87. The summed E-state index contributed by atoms with van der Waals surface area (Å²) in [5, 5.41) is 3.94. The average molecular weight is 505 g/mol. The first-order chi connectivity index (χ1) is 16.2. The normalized spacial score (nSPS) is 18.6. The van der Waals surface area contributed by atoms with Crippen molar-refractivity contribution in [3.05, 3.63) is 58.3 Å². The van der Waals surface area contributed by atoms with E-state index in [1.807, 2.05) is 6.92 Å². The molecule has 2 fully saturated rings. The number of piperidine rings is 1. The van der Waals surface area contributed by atoms with Crippen molar-refractivity contribution in [3.63, 3.8) is 0 Å². The number of aryl methyl sites for hydroxylation is 1. The fourth-order valence-corrected chi connectivity index (χ4v) is 6.14. The third-order valence-electron chi connectivity index (χ3n) is 6.57. The summed E-state index contributed by atoms with van der Waals surface area (Å²) in [6.07, 6.45) is 0.985. The van der Waals surface area contributed by atoms with Crippen LogP contribution in [0.25, 0.3) is 11.0 Å². The summed E-state index contributed by atoms with van der Waals surface area (Å²) in [5.74, 6) is -0.957. The van der Waals surface area contributed by atoms with Gasteiger partial charge in [-0.2, -0.15) is 4.31 Å².